The van der Waals surface area contributed by atoms with E-state index in [-0.39, 0.29) is 11.5 Å². The van der Waals surface area contributed by atoms with Crippen molar-refractivity contribution in [3.05, 3.63) is 39.7 Å². The summed E-state index contributed by atoms with van der Waals surface area (Å²) in [5.41, 5.74) is -1.09. The Bertz CT molecular complexity index is 576. The van der Waals surface area contributed by atoms with Gasteiger partial charge >= 0.3 is 5.97 Å². The van der Waals surface area contributed by atoms with Gasteiger partial charge in [0.15, 0.2) is 0 Å². The number of nitro benzene ring substituents is 1. The fourth-order valence-corrected chi connectivity index (χ4v) is 1.75. The van der Waals surface area contributed by atoms with E-state index in [4.69, 9.17) is 5.11 Å². The SMILES string of the molecule is CCC(C)C(NC(=O)c1ccc(F)cc1[N+](=O)[O-])C(=O)O. The molecule has 0 saturated carbocycles. The van der Waals surface area contributed by atoms with Gasteiger partial charge in [0.05, 0.1) is 11.0 Å². The molecule has 1 aromatic rings. The van der Waals surface area contributed by atoms with Crippen LogP contribution in [0.5, 0.6) is 0 Å². The van der Waals surface area contributed by atoms with E-state index in [1.165, 1.54) is 0 Å². The van der Waals surface area contributed by atoms with Gasteiger partial charge in [0.25, 0.3) is 11.6 Å². The van der Waals surface area contributed by atoms with Crippen molar-refractivity contribution in [2.75, 3.05) is 0 Å². The second kappa shape index (κ2) is 6.78. The summed E-state index contributed by atoms with van der Waals surface area (Å²) in [6.07, 6.45) is 0.503. The zero-order valence-electron chi connectivity index (χ0n) is 11.5. The summed E-state index contributed by atoms with van der Waals surface area (Å²) in [5.74, 6) is -3.36. The number of halogens is 1. The van der Waals surface area contributed by atoms with E-state index < -0.39 is 34.3 Å². The monoisotopic (exact) mass is 298 g/mol. The van der Waals surface area contributed by atoms with Crippen LogP contribution in [0.3, 0.4) is 0 Å². The Morgan fingerprint density at radius 2 is 2.10 bits per heavy atom. The number of nitrogens with zero attached hydrogens (tertiary/aromatic N) is 1. The third kappa shape index (κ3) is 3.98. The van der Waals surface area contributed by atoms with E-state index in [9.17, 15) is 24.1 Å². The minimum Gasteiger partial charge on any atom is -0.480 e. The summed E-state index contributed by atoms with van der Waals surface area (Å²) in [6, 6.07) is 1.31. The zero-order chi connectivity index (χ0) is 16.2. The second-order valence-corrected chi connectivity index (χ2v) is 4.59. The van der Waals surface area contributed by atoms with Gasteiger partial charge in [-0.15, -0.1) is 0 Å². The van der Waals surface area contributed by atoms with Crippen molar-refractivity contribution in [2.24, 2.45) is 5.92 Å². The predicted octanol–water partition coefficient (Wildman–Crippen LogP) is 1.96. The number of hydrogen-bond acceptors (Lipinski definition) is 4. The molecule has 2 N–H and O–H groups in total. The molecule has 0 fully saturated rings. The van der Waals surface area contributed by atoms with Gasteiger partial charge < -0.3 is 10.4 Å². The standard InChI is InChI=1S/C13H15FN2O5/c1-3-7(2)11(13(18)19)15-12(17)9-5-4-8(14)6-10(9)16(20)21/h4-7,11H,3H2,1-2H3,(H,15,17)(H,18,19). The molecule has 0 aliphatic carbocycles. The molecule has 1 amide bonds. The number of nitro groups is 1. The van der Waals surface area contributed by atoms with Crippen molar-refractivity contribution in [3.8, 4) is 0 Å². The van der Waals surface area contributed by atoms with E-state index in [2.05, 4.69) is 5.32 Å². The Morgan fingerprint density at radius 3 is 2.57 bits per heavy atom. The van der Waals surface area contributed by atoms with Crippen molar-refractivity contribution in [2.45, 2.75) is 26.3 Å². The van der Waals surface area contributed by atoms with Crippen molar-refractivity contribution in [1.29, 1.82) is 0 Å². The molecule has 1 rings (SSSR count). The molecule has 0 saturated heterocycles. The van der Waals surface area contributed by atoms with Crippen LogP contribution in [0.15, 0.2) is 18.2 Å². The average Bonchev–Trinajstić information content (AvgIpc) is 2.43. The molecule has 0 radical (unpaired) electrons. The molecular weight excluding hydrogens is 283 g/mol. The Hall–Kier alpha value is -2.51. The molecular formula is C13H15FN2O5. The van der Waals surface area contributed by atoms with Gasteiger partial charge in [-0.05, 0) is 18.1 Å². The van der Waals surface area contributed by atoms with Crippen LogP contribution in [0.2, 0.25) is 0 Å². The second-order valence-electron chi connectivity index (χ2n) is 4.59. The third-order valence-corrected chi connectivity index (χ3v) is 3.17. The van der Waals surface area contributed by atoms with E-state index in [0.29, 0.717) is 12.5 Å². The van der Waals surface area contributed by atoms with E-state index >= 15 is 0 Å². The van der Waals surface area contributed by atoms with Crippen molar-refractivity contribution >= 4 is 17.6 Å². The Kier molecular flexibility index (Phi) is 5.34. The van der Waals surface area contributed by atoms with Gasteiger partial charge in [-0.25, -0.2) is 9.18 Å². The van der Waals surface area contributed by atoms with Crippen LogP contribution in [0, 0.1) is 21.8 Å². The van der Waals surface area contributed by atoms with E-state index in [1.54, 1.807) is 13.8 Å². The minimum absolute atomic E-state index is 0.356. The van der Waals surface area contributed by atoms with Gasteiger partial charge in [-0.2, -0.15) is 0 Å². The van der Waals surface area contributed by atoms with Crippen LogP contribution in [-0.4, -0.2) is 27.9 Å². The molecule has 8 heteroatoms. The van der Waals surface area contributed by atoms with Crippen molar-refractivity contribution in [1.82, 2.24) is 5.32 Å². The lowest BCUT2D eigenvalue weighted by atomic mass is 9.99. The fraction of sp³-hybridized carbons (Fsp3) is 0.385. The summed E-state index contributed by atoms with van der Waals surface area (Å²) in [5, 5.41) is 22.1. The average molecular weight is 298 g/mol. The topological polar surface area (TPSA) is 110 Å². The smallest absolute Gasteiger partial charge is 0.326 e. The van der Waals surface area contributed by atoms with Crippen molar-refractivity contribution < 1.29 is 24.0 Å². The molecule has 2 unspecified atom stereocenters. The number of nitrogens with one attached hydrogen (secondary N) is 1. The first-order valence-electron chi connectivity index (χ1n) is 6.25. The fourth-order valence-electron chi connectivity index (χ4n) is 1.75. The quantitative estimate of drug-likeness (QED) is 0.616. The van der Waals surface area contributed by atoms with Crippen LogP contribution in [-0.2, 0) is 4.79 Å². The number of benzene rings is 1. The highest BCUT2D eigenvalue weighted by Gasteiger charge is 2.28. The highest BCUT2D eigenvalue weighted by molar-refractivity contribution is 6.00. The number of aliphatic carboxylic acids is 1. The number of carboxylic acids is 1. The predicted molar refractivity (Wildman–Crippen MR) is 71.4 cm³/mol. The van der Waals surface area contributed by atoms with Gasteiger partial charge in [0, 0.05) is 0 Å². The third-order valence-electron chi connectivity index (χ3n) is 3.17. The van der Waals surface area contributed by atoms with Crippen LogP contribution in [0.25, 0.3) is 0 Å². The molecule has 0 aliphatic rings. The molecule has 0 aromatic heterocycles. The Morgan fingerprint density at radius 1 is 1.48 bits per heavy atom. The van der Waals surface area contributed by atoms with E-state index in [0.717, 1.165) is 12.1 Å². The number of rotatable bonds is 6. The van der Waals surface area contributed by atoms with Gasteiger partial charge in [0.1, 0.15) is 17.4 Å². The number of carboxylic acid groups (broad SMARTS) is 1. The van der Waals surface area contributed by atoms with Crippen LogP contribution in [0.4, 0.5) is 10.1 Å². The highest BCUT2D eigenvalue weighted by Crippen LogP contribution is 2.20. The number of carbonyl (C=O) groups is 2. The first kappa shape index (κ1) is 16.5. The van der Waals surface area contributed by atoms with Crippen LogP contribution >= 0.6 is 0 Å². The first-order chi connectivity index (χ1) is 9.77. The zero-order valence-corrected chi connectivity index (χ0v) is 11.5. The van der Waals surface area contributed by atoms with Gasteiger partial charge in [-0.3, -0.25) is 14.9 Å². The lowest BCUT2D eigenvalue weighted by Gasteiger charge is -2.20. The van der Waals surface area contributed by atoms with Gasteiger partial charge in [0.2, 0.25) is 0 Å². The maximum absolute atomic E-state index is 13.0. The number of amides is 1. The summed E-state index contributed by atoms with van der Waals surface area (Å²) in [4.78, 5) is 33.1. The molecule has 0 heterocycles. The molecule has 0 aliphatic heterocycles. The maximum Gasteiger partial charge on any atom is 0.326 e. The van der Waals surface area contributed by atoms with E-state index in [1.807, 2.05) is 0 Å². The minimum atomic E-state index is -1.23. The normalized spacial score (nSPS) is 13.3. The molecule has 114 valence electrons. The van der Waals surface area contributed by atoms with Gasteiger partial charge in [-0.1, -0.05) is 20.3 Å². The summed E-state index contributed by atoms with van der Waals surface area (Å²) in [7, 11) is 0. The molecule has 2 atom stereocenters. The van der Waals surface area contributed by atoms with Crippen LogP contribution < -0.4 is 5.32 Å². The Balaban J connectivity index is 3.08. The Labute approximate surface area is 119 Å². The number of hydrogen-bond donors (Lipinski definition) is 2. The molecule has 21 heavy (non-hydrogen) atoms. The number of carbonyl (C=O) groups excluding carboxylic acids is 1. The lowest BCUT2D eigenvalue weighted by molar-refractivity contribution is -0.385. The lowest BCUT2D eigenvalue weighted by Crippen LogP contribution is -2.45. The highest BCUT2D eigenvalue weighted by atomic mass is 19.1. The largest absolute Gasteiger partial charge is 0.480 e. The molecule has 1 aromatic carbocycles. The summed E-state index contributed by atoms with van der Waals surface area (Å²) >= 11 is 0. The first-order valence-corrected chi connectivity index (χ1v) is 6.25. The summed E-state index contributed by atoms with van der Waals surface area (Å²) < 4.78 is 13.0. The summed E-state index contributed by atoms with van der Waals surface area (Å²) in [6.45, 7) is 3.39. The van der Waals surface area contributed by atoms with Crippen molar-refractivity contribution in [3.63, 3.8) is 0 Å². The maximum atomic E-state index is 13.0. The molecule has 0 spiro atoms. The molecule has 0 bridgehead atoms. The molecule has 7 nitrogen and oxygen atoms in total. The van der Waals surface area contributed by atoms with Crippen LogP contribution in [0.1, 0.15) is 30.6 Å².